The number of carbonyl (C=O) groups is 1. The standard InChI is InChI=1S/C15H21NOS/c17-15(9-12-3-1-2-4-12)16(14-5-6-14)10-13-7-8-18-11-13/h7-8,11-12,14H,1-6,9-10H2. The number of thiophene rings is 1. The summed E-state index contributed by atoms with van der Waals surface area (Å²) in [4.78, 5) is 14.6. The van der Waals surface area contributed by atoms with Crippen molar-refractivity contribution >= 4 is 17.2 Å². The Morgan fingerprint density at radius 2 is 2.06 bits per heavy atom. The molecule has 2 aliphatic rings. The lowest BCUT2D eigenvalue weighted by atomic mass is 10.0. The van der Waals surface area contributed by atoms with Crippen molar-refractivity contribution < 1.29 is 4.79 Å². The van der Waals surface area contributed by atoms with Crippen LogP contribution >= 0.6 is 11.3 Å². The van der Waals surface area contributed by atoms with Crippen LogP contribution in [-0.2, 0) is 11.3 Å². The zero-order chi connectivity index (χ0) is 12.4. The molecule has 0 bridgehead atoms. The molecule has 0 N–H and O–H groups in total. The molecule has 0 spiro atoms. The summed E-state index contributed by atoms with van der Waals surface area (Å²) in [5.74, 6) is 1.07. The third-order valence-corrected chi connectivity index (χ3v) is 4.91. The number of hydrogen-bond acceptors (Lipinski definition) is 2. The van der Waals surface area contributed by atoms with E-state index in [2.05, 4.69) is 21.7 Å². The molecule has 2 aliphatic carbocycles. The Bertz CT molecular complexity index is 391. The maximum absolute atomic E-state index is 12.4. The SMILES string of the molecule is O=C(CC1CCCC1)N(Cc1ccsc1)C1CC1. The Kier molecular flexibility index (Phi) is 3.69. The summed E-state index contributed by atoms with van der Waals surface area (Å²) in [5.41, 5.74) is 1.30. The summed E-state index contributed by atoms with van der Waals surface area (Å²) in [5, 5.41) is 4.26. The summed E-state index contributed by atoms with van der Waals surface area (Å²) < 4.78 is 0. The molecule has 1 aromatic rings. The van der Waals surface area contributed by atoms with E-state index in [0.717, 1.165) is 13.0 Å². The van der Waals surface area contributed by atoms with Gasteiger partial charge in [0.2, 0.25) is 5.91 Å². The van der Waals surface area contributed by atoms with Gasteiger partial charge in [0.05, 0.1) is 0 Å². The molecule has 2 nitrogen and oxygen atoms in total. The van der Waals surface area contributed by atoms with Crippen molar-refractivity contribution in [2.75, 3.05) is 0 Å². The van der Waals surface area contributed by atoms with Crippen LogP contribution in [0.4, 0.5) is 0 Å². The van der Waals surface area contributed by atoms with Gasteiger partial charge in [-0.25, -0.2) is 0 Å². The molecule has 2 saturated carbocycles. The van der Waals surface area contributed by atoms with Crippen LogP contribution in [0.15, 0.2) is 16.8 Å². The van der Waals surface area contributed by atoms with Gasteiger partial charge in [-0.3, -0.25) is 4.79 Å². The van der Waals surface area contributed by atoms with Crippen LogP contribution in [0.25, 0.3) is 0 Å². The molecule has 98 valence electrons. The zero-order valence-corrected chi connectivity index (χ0v) is 11.6. The van der Waals surface area contributed by atoms with Gasteiger partial charge < -0.3 is 4.90 Å². The first-order chi connectivity index (χ1) is 8.83. The zero-order valence-electron chi connectivity index (χ0n) is 10.8. The third kappa shape index (κ3) is 2.94. The third-order valence-electron chi connectivity index (χ3n) is 4.18. The molecule has 0 unspecified atom stereocenters. The first-order valence-corrected chi connectivity index (χ1v) is 8.08. The average molecular weight is 263 g/mol. The summed E-state index contributed by atoms with van der Waals surface area (Å²) in [6.07, 6.45) is 8.39. The van der Waals surface area contributed by atoms with Gasteiger partial charge in [-0.05, 0) is 54.0 Å². The Morgan fingerprint density at radius 1 is 1.28 bits per heavy atom. The highest BCUT2D eigenvalue weighted by molar-refractivity contribution is 7.07. The fourth-order valence-electron chi connectivity index (χ4n) is 2.97. The number of carbonyl (C=O) groups excluding carboxylic acids is 1. The van der Waals surface area contributed by atoms with Gasteiger partial charge >= 0.3 is 0 Å². The molecule has 0 aromatic carbocycles. The molecule has 1 aromatic heterocycles. The Balaban J connectivity index is 1.60. The number of rotatable bonds is 5. The Hall–Kier alpha value is -0.830. The molecule has 2 fully saturated rings. The van der Waals surface area contributed by atoms with Crippen molar-refractivity contribution in [3.8, 4) is 0 Å². The van der Waals surface area contributed by atoms with Gasteiger partial charge in [-0.15, -0.1) is 0 Å². The van der Waals surface area contributed by atoms with Crippen LogP contribution in [0.5, 0.6) is 0 Å². The van der Waals surface area contributed by atoms with Crippen molar-refractivity contribution in [1.29, 1.82) is 0 Å². The molecule has 1 amide bonds. The molecule has 18 heavy (non-hydrogen) atoms. The first-order valence-electron chi connectivity index (χ1n) is 7.13. The highest BCUT2D eigenvalue weighted by Gasteiger charge is 2.33. The fraction of sp³-hybridized carbons (Fsp3) is 0.667. The smallest absolute Gasteiger partial charge is 0.223 e. The van der Waals surface area contributed by atoms with E-state index in [9.17, 15) is 4.79 Å². The highest BCUT2D eigenvalue weighted by atomic mass is 32.1. The van der Waals surface area contributed by atoms with Gasteiger partial charge in [-0.2, -0.15) is 11.3 Å². The van der Waals surface area contributed by atoms with Crippen LogP contribution in [-0.4, -0.2) is 16.8 Å². The van der Waals surface area contributed by atoms with E-state index in [4.69, 9.17) is 0 Å². The monoisotopic (exact) mass is 263 g/mol. The van der Waals surface area contributed by atoms with Gasteiger partial charge in [0.1, 0.15) is 0 Å². The maximum atomic E-state index is 12.4. The van der Waals surface area contributed by atoms with E-state index in [1.807, 2.05) is 0 Å². The van der Waals surface area contributed by atoms with E-state index in [0.29, 0.717) is 17.9 Å². The quantitative estimate of drug-likeness (QED) is 0.791. The predicted octanol–water partition coefficient (Wildman–Crippen LogP) is 3.82. The minimum absolute atomic E-state index is 0.399. The molecule has 0 atom stereocenters. The van der Waals surface area contributed by atoms with Crippen molar-refractivity contribution in [1.82, 2.24) is 4.90 Å². The molecular weight excluding hydrogens is 242 g/mol. The van der Waals surface area contributed by atoms with Gasteiger partial charge in [0, 0.05) is 19.0 Å². The van der Waals surface area contributed by atoms with Crippen molar-refractivity contribution in [2.24, 2.45) is 5.92 Å². The van der Waals surface area contributed by atoms with Crippen LogP contribution in [0.2, 0.25) is 0 Å². The summed E-state index contributed by atoms with van der Waals surface area (Å²) in [6.45, 7) is 0.833. The van der Waals surface area contributed by atoms with Crippen molar-refractivity contribution in [3.63, 3.8) is 0 Å². The lowest BCUT2D eigenvalue weighted by Crippen LogP contribution is -2.33. The second-order valence-corrected chi connectivity index (χ2v) is 6.52. The lowest BCUT2D eigenvalue weighted by molar-refractivity contribution is -0.133. The van der Waals surface area contributed by atoms with Crippen molar-refractivity contribution in [3.05, 3.63) is 22.4 Å². The Morgan fingerprint density at radius 3 is 2.67 bits per heavy atom. The van der Waals surface area contributed by atoms with Gasteiger partial charge in [0.25, 0.3) is 0 Å². The summed E-state index contributed by atoms with van der Waals surface area (Å²) in [6, 6.07) is 2.68. The molecule has 3 rings (SSSR count). The minimum atomic E-state index is 0.399. The normalized spacial score (nSPS) is 20.2. The molecule has 0 saturated heterocycles. The molecule has 0 radical (unpaired) electrons. The number of amides is 1. The highest BCUT2D eigenvalue weighted by Crippen LogP contribution is 2.33. The molecule has 1 heterocycles. The largest absolute Gasteiger partial charge is 0.335 e. The van der Waals surface area contributed by atoms with E-state index in [1.165, 1.54) is 44.1 Å². The van der Waals surface area contributed by atoms with E-state index < -0.39 is 0 Å². The summed E-state index contributed by atoms with van der Waals surface area (Å²) in [7, 11) is 0. The average Bonchev–Trinajstić information content (AvgIpc) is 2.87. The van der Waals surface area contributed by atoms with Crippen LogP contribution in [0.1, 0.15) is 50.5 Å². The minimum Gasteiger partial charge on any atom is -0.335 e. The lowest BCUT2D eigenvalue weighted by Gasteiger charge is -2.23. The second-order valence-electron chi connectivity index (χ2n) is 5.74. The van der Waals surface area contributed by atoms with Crippen molar-refractivity contribution in [2.45, 2.75) is 57.5 Å². The fourth-order valence-corrected chi connectivity index (χ4v) is 3.62. The Labute approximate surface area is 113 Å². The van der Waals surface area contributed by atoms with Crippen LogP contribution in [0, 0.1) is 5.92 Å². The van der Waals surface area contributed by atoms with Gasteiger partial charge in [0.15, 0.2) is 0 Å². The molecule has 3 heteroatoms. The van der Waals surface area contributed by atoms with Gasteiger partial charge in [-0.1, -0.05) is 12.8 Å². The van der Waals surface area contributed by atoms with E-state index >= 15 is 0 Å². The van der Waals surface area contributed by atoms with Crippen LogP contribution < -0.4 is 0 Å². The topological polar surface area (TPSA) is 20.3 Å². The molecular formula is C15H21NOS. The van der Waals surface area contributed by atoms with E-state index in [-0.39, 0.29) is 0 Å². The number of nitrogens with zero attached hydrogens (tertiary/aromatic N) is 1. The maximum Gasteiger partial charge on any atom is 0.223 e. The number of hydrogen-bond donors (Lipinski definition) is 0. The predicted molar refractivity (Wildman–Crippen MR) is 74.5 cm³/mol. The second kappa shape index (κ2) is 5.43. The molecule has 0 aliphatic heterocycles. The first kappa shape index (κ1) is 12.2. The summed E-state index contributed by atoms with van der Waals surface area (Å²) >= 11 is 1.72. The van der Waals surface area contributed by atoms with E-state index in [1.54, 1.807) is 11.3 Å². The van der Waals surface area contributed by atoms with Crippen LogP contribution in [0.3, 0.4) is 0 Å².